The van der Waals surface area contributed by atoms with E-state index >= 15 is 0 Å². The molecule has 2 fully saturated rings. The first-order valence-electron chi connectivity index (χ1n) is 10.2. The molecule has 1 aromatic carbocycles. The number of halogens is 1. The largest absolute Gasteiger partial charge is 0.471 e. The summed E-state index contributed by atoms with van der Waals surface area (Å²) in [6.45, 7) is 1.30. The van der Waals surface area contributed by atoms with Gasteiger partial charge in [0.25, 0.3) is 0 Å². The number of amides is 1. The van der Waals surface area contributed by atoms with Crippen LogP contribution in [0.4, 0.5) is 5.82 Å². The molecule has 0 N–H and O–H groups in total. The van der Waals surface area contributed by atoms with Crippen LogP contribution in [0.2, 0.25) is 5.02 Å². The quantitative estimate of drug-likeness (QED) is 0.746. The molecule has 2 aliphatic rings. The first-order chi connectivity index (χ1) is 14.0. The van der Waals surface area contributed by atoms with Crippen molar-refractivity contribution in [2.75, 3.05) is 32.1 Å². The van der Waals surface area contributed by atoms with Crippen molar-refractivity contribution in [1.29, 1.82) is 0 Å². The van der Waals surface area contributed by atoms with Gasteiger partial charge in [0.2, 0.25) is 11.8 Å². The van der Waals surface area contributed by atoms with Crippen LogP contribution in [-0.4, -0.2) is 54.3 Å². The molecule has 1 aliphatic carbocycles. The maximum Gasteiger partial charge on any atom is 0.233 e. The minimum atomic E-state index is -0.424. The van der Waals surface area contributed by atoms with Crippen LogP contribution in [-0.2, 0) is 10.2 Å². The van der Waals surface area contributed by atoms with Crippen LogP contribution >= 0.6 is 11.6 Å². The van der Waals surface area contributed by atoms with Crippen molar-refractivity contribution in [1.82, 2.24) is 15.1 Å². The molecule has 2 heterocycles. The zero-order chi connectivity index (χ0) is 20.4. The van der Waals surface area contributed by atoms with Crippen LogP contribution < -0.4 is 9.64 Å². The second-order valence-corrected chi connectivity index (χ2v) is 8.64. The summed E-state index contributed by atoms with van der Waals surface area (Å²) in [4.78, 5) is 17.4. The van der Waals surface area contributed by atoms with E-state index < -0.39 is 5.41 Å². The number of rotatable bonds is 5. The Morgan fingerprint density at radius 2 is 1.86 bits per heavy atom. The summed E-state index contributed by atoms with van der Waals surface area (Å²) in [5.41, 5.74) is 0.658. The SMILES string of the molecule is CN(C)c1ccc(OC2CCN(C(=O)C3(c4ccc(Cl)cc4)CCCC3)C2)nn1. The van der Waals surface area contributed by atoms with Gasteiger partial charge in [-0.2, -0.15) is 0 Å². The Morgan fingerprint density at radius 1 is 1.14 bits per heavy atom. The maximum atomic E-state index is 13.6. The zero-order valence-corrected chi connectivity index (χ0v) is 17.7. The van der Waals surface area contributed by atoms with Gasteiger partial charge in [0.1, 0.15) is 6.10 Å². The molecule has 1 atom stereocenters. The summed E-state index contributed by atoms with van der Waals surface area (Å²) < 4.78 is 6.00. The predicted octanol–water partition coefficient (Wildman–Crippen LogP) is 3.69. The van der Waals surface area contributed by atoms with Crippen LogP contribution in [0.25, 0.3) is 0 Å². The van der Waals surface area contributed by atoms with Crippen molar-refractivity contribution in [2.45, 2.75) is 43.6 Å². The average Bonchev–Trinajstić information content (AvgIpc) is 3.39. The van der Waals surface area contributed by atoms with Gasteiger partial charge in [-0.05, 0) is 36.6 Å². The first-order valence-corrected chi connectivity index (χ1v) is 10.6. The minimum Gasteiger partial charge on any atom is -0.471 e. The molecular formula is C22H27ClN4O2. The van der Waals surface area contributed by atoms with Crippen molar-refractivity contribution in [3.05, 3.63) is 47.0 Å². The molecule has 0 bridgehead atoms. The van der Waals surface area contributed by atoms with Gasteiger partial charge < -0.3 is 14.5 Å². The number of hydrogen-bond acceptors (Lipinski definition) is 5. The summed E-state index contributed by atoms with van der Waals surface area (Å²) in [6.07, 6.45) is 4.70. The van der Waals surface area contributed by atoms with Gasteiger partial charge in [0, 0.05) is 38.1 Å². The van der Waals surface area contributed by atoms with E-state index in [2.05, 4.69) is 10.2 Å². The van der Waals surface area contributed by atoms with Crippen LogP contribution in [0.15, 0.2) is 36.4 Å². The number of carbonyl (C=O) groups excluding carboxylic acids is 1. The van der Waals surface area contributed by atoms with Gasteiger partial charge in [-0.15, -0.1) is 10.2 Å². The highest BCUT2D eigenvalue weighted by atomic mass is 35.5. The maximum absolute atomic E-state index is 13.6. The molecular weight excluding hydrogens is 388 g/mol. The molecule has 0 spiro atoms. The highest BCUT2D eigenvalue weighted by molar-refractivity contribution is 6.30. The van der Waals surface area contributed by atoms with Crippen LogP contribution in [0, 0.1) is 0 Å². The third kappa shape index (κ3) is 4.04. The van der Waals surface area contributed by atoms with E-state index in [9.17, 15) is 4.79 Å². The number of hydrogen-bond donors (Lipinski definition) is 0. The Balaban J connectivity index is 1.44. The van der Waals surface area contributed by atoms with Crippen molar-refractivity contribution in [2.24, 2.45) is 0 Å². The number of aromatic nitrogens is 2. The van der Waals surface area contributed by atoms with E-state index in [0.29, 0.717) is 24.0 Å². The van der Waals surface area contributed by atoms with Gasteiger partial charge in [-0.3, -0.25) is 4.79 Å². The number of likely N-dealkylation sites (tertiary alicyclic amines) is 1. The normalized spacial score (nSPS) is 20.7. The fourth-order valence-electron chi connectivity index (χ4n) is 4.47. The van der Waals surface area contributed by atoms with E-state index in [1.165, 1.54) is 0 Å². The Kier molecular flexibility index (Phi) is 5.63. The van der Waals surface area contributed by atoms with E-state index in [4.69, 9.17) is 16.3 Å². The third-order valence-electron chi connectivity index (χ3n) is 6.07. The summed E-state index contributed by atoms with van der Waals surface area (Å²) in [6, 6.07) is 11.5. The molecule has 2 aromatic rings. The molecule has 1 aromatic heterocycles. The highest BCUT2D eigenvalue weighted by Gasteiger charge is 2.46. The van der Waals surface area contributed by atoms with E-state index in [1.807, 2.05) is 60.3 Å². The van der Waals surface area contributed by atoms with Crippen LogP contribution in [0.1, 0.15) is 37.7 Å². The standard InChI is InChI=1S/C22H27ClN4O2/c1-26(2)19-9-10-20(25-24-19)29-18-11-14-27(15-18)21(28)22(12-3-4-13-22)16-5-7-17(23)8-6-16/h5-10,18H,3-4,11-15H2,1-2H3. The molecule has 29 heavy (non-hydrogen) atoms. The fourth-order valence-corrected chi connectivity index (χ4v) is 4.60. The second kappa shape index (κ2) is 8.19. The number of benzene rings is 1. The Bertz CT molecular complexity index is 848. The monoisotopic (exact) mass is 414 g/mol. The van der Waals surface area contributed by atoms with Crippen molar-refractivity contribution in [3.8, 4) is 5.88 Å². The molecule has 0 radical (unpaired) electrons. The fraction of sp³-hybridized carbons (Fsp3) is 0.500. The smallest absolute Gasteiger partial charge is 0.233 e. The van der Waals surface area contributed by atoms with Gasteiger partial charge in [-0.1, -0.05) is 36.6 Å². The predicted molar refractivity (Wildman–Crippen MR) is 114 cm³/mol. The lowest BCUT2D eigenvalue weighted by atomic mass is 9.77. The highest BCUT2D eigenvalue weighted by Crippen LogP contribution is 2.43. The summed E-state index contributed by atoms with van der Waals surface area (Å²) in [7, 11) is 3.84. The van der Waals surface area contributed by atoms with Crippen molar-refractivity contribution >= 4 is 23.3 Å². The number of anilines is 1. The molecule has 154 valence electrons. The minimum absolute atomic E-state index is 0.0536. The zero-order valence-electron chi connectivity index (χ0n) is 17.0. The van der Waals surface area contributed by atoms with E-state index in [0.717, 1.165) is 43.5 Å². The van der Waals surface area contributed by atoms with Crippen LogP contribution in [0.5, 0.6) is 5.88 Å². The topological polar surface area (TPSA) is 58.6 Å². The lowest BCUT2D eigenvalue weighted by molar-refractivity contribution is -0.136. The summed E-state index contributed by atoms with van der Waals surface area (Å²) >= 11 is 6.07. The Morgan fingerprint density at radius 3 is 2.48 bits per heavy atom. The number of ether oxygens (including phenoxy) is 1. The molecule has 1 saturated carbocycles. The second-order valence-electron chi connectivity index (χ2n) is 8.20. The molecule has 1 aliphatic heterocycles. The lowest BCUT2D eigenvalue weighted by Crippen LogP contribution is -2.45. The third-order valence-corrected chi connectivity index (χ3v) is 6.32. The first kappa shape index (κ1) is 20.0. The molecule has 6 nitrogen and oxygen atoms in total. The van der Waals surface area contributed by atoms with E-state index in [-0.39, 0.29) is 12.0 Å². The Hall–Kier alpha value is -2.34. The lowest BCUT2D eigenvalue weighted by Gasteiger charge is -2.33. The molecule has 1 saturated heterocycles. The van der Waals surface area contributed by atoms with Crippen molar-refractivity contribution < 1.29 is 9.53 Å². The van der Waals surface area contributed by atoms with Crippen LogP contribution in [0.3, 0.4) is 0 Å². The number of carbonyl (C=O) groups is 1. The number of nitrogens with zero attached hydrogens (tertiary/aromatic N) is 4. The average molecular weight is 415 g/mol. The van der Waals surface area contributed by atoms with Gasteiger partial charge in [0.15, 0.2) is 5.82 Å². The Labute approximate surface area is 176 Å². The summed E-state index contributed by atoms with van der Waals surface area (Å²) in [5.74, 6) is 1.51. The van der Waals surface area contributed by atoms with Gasteiger partial charge in [0.05, 0.1) is 12.0 Å². The molecule has 4 rings (SSSR count). The molecule has 7 heteroatoms. The summed E-state index contributed by atoms with van der Waals surface area (Å²) in [5, 5.41) is 9.00. The van der Waals surface area contributed by atoms with Crippen molar-refractivity contribution in [3.63, 3.8) is 0 Å². The molecule has 1 amide bonds. The van der Waals surface area contributed by atoms with E-state index in [1.54, 1.807) is 0 Å². The molecule has 1 unspecified atom stereocenters. The van der Waals surface area contributed by atoms with Gasteiger partial charge >= 0.3 is 0 Å². The van der Waals surface area contributed by atoms with Gasteiger partial charge in [-0.25, -0.2) is 0 Å².